The second-order valence-electron chi connectivity index (χ2n) is 6.29. The number of nitrogens with zero attached hydrogens (tertiary/aromatic N) is 2. The molecule has 0 bridgehead atoms. The molecule has 5 nitrogen and oxygen atoms in total. The number of benzene rings is 2. The Bertz CT molecular complexity index is 857. The van der Waals surface area contributed by atoms with E-state index in [4.69, 9.17) is 27.9 Å². The van der Waals surface area contributed by atoms with Crippen LogP contribution in [0.15, 0.2) is 42.5 Å². The first kappa shape index (κ1) is 19.5. The lowest BCUT2D eigenvalue weighted by molar-refractivity contribution is 0.0717. The minimum Gasteiger partial charge on any atom is -0.496 e. The Kier molecular flexibility index (Phi) is 6.24. The van der Waals surface area contributed by atoms with Gasteiger partial charge in [-0.2, -0.15) is 0 Å². The lowest BCUT2D eigenvalue weighted by atomic mass is 10.1. The lowest BCUT2D eigenvalue weighted by Crippen LogP contribution is -2.37. The first-order valence-electron chi connectivity index (χ1n) is 8.67. The van der Waals surface area contributed by atoms with Gasteiger partial charge in [-0.1, -0.05) is 29.3 Å². The Morgan fingerprint density at radius 2 is 1.56 bits per heavy atom. The molecule has 0 saturated carbocycles. The van der Waals surface area contributed by atoms with Gasteiger partial charge in [-0.15, -0.1) is 0 Å². The van der Waals surface area contributed by atoms with Crippen LogP contribution in [0.2, 0.25) is 10.0 Å². The third-order valence-electron chi connectivity index (χ3n) is 4.53. The Hall–Kier alpha value is -2.24. The largest absolute Gasteiger partial charge is 0.496 e. The van der Waals surface area contributed by atoms with Crippen LogP contribution in [0.5, 0.6) is 5.75 Å². The number of hydrogen-bond acceptors (Lipinski definition) is 3. The van der Waals surface area contributed by atoms with E-state index < -0.39 is 0 Å². The fourth-order valence-corrected chi connectivity index (χ4v) is 3.51. The summed E-state index contributed by atoms with van der Waals surface area (Å²) in [6, 6.07) is 11.9. The summed E-state index contributed by atoms with van der Waals surface area (Å²) >= 11 is 12.0. The Morgan fingerprint density at radius 3 is 2.22 bits per heavy atom. The smallest absolute Gasteiger partial charge is 0.257 e. The third-order valence-corrected chi connectivity index (χ3v) is 5.00. The maximum Gasteiger partial charge on any atom is 0.257 e. The molecule has 2 aromatic carbocycles. The van der Waals surface area contributed by atoms with E-state index in [0.717, 1.165) is 0 Å². The van der Waals surface area contributed by atoms with Crippen molar-refractivity contribution in [2.45, 2.75) is 6.42 Å². The van der Waals surface area contributed by atoms with Gasteiger partial charge in [0.2, 0.25) is 0 Å². The average molecular weight is 407 g/mol. The summed E-state index contributed by atoms with van der Waals surface area (Å²) in [4.78, 5) is 29.2. The number of amides is 2. The number of rotatable bonds is 3. The zero-order chi connectivity index (χ0) is 19.4. The minimum absolute atomic E-state index is 0.0767. The zero-order valence-electron chi connectivity index (χ0n) is 15.0. The van der Waals surface area contributed by atoms with Gasteiger partial charge in [-0.05, 0) is 42.8 Å². The second-order valence-corrected chi connectivity index (χ2v) is 7.17. The highest BCUT2D eigenvalue weighted by molar-refractivity contribution is 6.31. The molecule has 1 fully saturated rings. The third kappa shape index (κ3) is 4.54. The quantitative estimate of drug-likeness (QED) is 0.773. The predicted molar refractivity (Wildman–Crippen MR) is 106 cm³/mol. The SMILES string of the molecule is COc1ccc(Cl)cc1C(=O)N1CCCN(C(=O)c2cccc(Cl)c2)CC1. The molecule has 142 valence electrons. The highest BCUT2D eigenvalue weighted by Crippen LogP contribution is 2.25. The molecule has 1 saturated heterocycles. The fraction of sp³-hybridized carbons (Fsp3) is 0.300. The molecular weight excluding hydrogens is 387 g/mol. The van der Waals surface area contributed by atoms with E-state index in [2.05, 4.69) is 0 Å². The van der Waals surface area contributed by atoms with E-state index in [9.17, 15) is 9.59 Å². The maximum absolute atomic E-state index is 12.9. The highest BCUT2D eigenvalue weighted by Gasteiger charge is 2.25. The molecule has 3 rings (SSSR count). The number of methoxy groups -OCH3 is 1. The summed E-state index contributed by atoms with van der Waals surface area (Å²) in [5, 5.41) is 1.01. The van der Waals surface area contributed by atoms with Gasteiger partial charge in [0.1, 0.15) is 5.75 Å². The van der Waals surface area contributed by atoms with Gasteiger partial charge in [0.05, 0.1) is 12.7 Å². The molecule has 0 aliphatic carbocycles. The highest BCUT2D eigenvalue weighted by atomic mass is 35.5. The maximum atomic E-state index is 12.9. The summed E-state index contributed by atoms with van der Waals surface area (Å²) in [5.74, 6) is 0.263. The van der Waals surface area contributed by atoms with Crippen LogP contribution in [0.25, 0.3) is 0 Å². The van der Waals surface area contributed by atoms with Crippen LogP contribution in [-0.2, 0) is 0 Å². The predicted octanol–water partition coefficient (Wildman–Crippen LogP) is 3.99. The molecule has 0 radical (unpaired) electrons. The summed E-state index contributed by atoms with van der Waals surface area (Å²) in [5.41, 5.74) is 0.985. The van der Waals surface area contributed by atoms with Gasteiger partial charge in [0.25, 0.3) is 11.8 Å². The molecule has 1 aliphatic rings. The van der Waals surface area contributed by atoms with Gasteiger partial charge in [-0.3, -0.25) is 9.59 Å². The standard InChI is InChI=1S/C20H20Cl2N2O3/c1-27-18-7-6-16(22)13-17(18)20(26)24-9-3-8-23(10-11-24)19(25)14-4-2-5-15(21)12-14/h2,4-7,12-13H,3,8-11H2,1H3. The molecule has 27 heavy (non-hydrogen) atoms. The molecule has 7 heteroatoms. The van der Waals surface area contributed by atoms with Crippen molar-refractivity contribution < 1.29 is 14.3 Å². The molecule has 1 heterocycles. The van der Waals surface area contributed by atoms with Crippen LogP contribution in [0.4, 0.5) is 0 Å². The Labute approximate surface area is 168 Å². The first-order chi connectivity index (χ1) is 13.0. The topological polar surface area (TPSA) is 49.9 Å². The van der Waals surface area contributed by atoms with Crippen LogP contribution in [0.1, 0.15) is 27.1 Å². The average Bonchev–Trinajstić information content (AvgIpc) is 2.93. The Balaban J connectivity index is 1.72. The van der Waals surface area contributed by atoms with Gasteiger partial charge < -0.3 is 14.5 Å². The monoisotopic (exact) mass is 406 g/mol. The lowest BCUT2D eigenvalue weighted by Gasteiger charge is -2.23. The molecule has 2 aromatic rings. The summed E-state index contributed by atoms with van der Waals surface area (Å²) in [6.07, 6.45) is 0.695. The number of halogens is 2. The van der Waals surface area contributed by atoms with Crippen molar-refractivity contribution >= 4 is 35.0 Å². The van der Waals surface area contributed by atoms with Crippen LogP contribution in [0, 0.1) is 0 Å². The van der Waals surface area contributed by atoms with Crippen LogP contribution < -0.4 is 4.74 Å². The molecule has 0 aromatic heterocycles. The molecule has 0 spiro atoms. The molecule has 2 amide bonds. The molecule has 1 aliphatic heterocycles. The Morgan fingerprint density at radius 1 is 0.889 bits per heavy atom. The summed E-state index contributed by atoms with van der Waals surface area (Å²) in [7, 11) is 1.52. The fourth-order valence-electron chi connectivity index (χ4n) is 3.15. The van der Waals surface area contributed by atoms with Crippen molar-refractivity contribution in [3.8, 4) is 5.75 Å². The van der Waals surface area contributed by atoms with Gasteiger partial charge >= 0.3 is 0 Å². The van der Waals surface area contributed by atoms with Gasteiger partial charge in [-0.25, -0.2) is 0 Å². The van der Waals surface area contributed by atoms with Gasteiger partial charge in [0, 0.05) is 41.8 Å². The van der Waals surface area contributed by atoms with Crippen LogP contribution in [0.3, 0.4) is 0 Å². The molecular formula is C20H20Cl2N2O3. The van der Waals surface area contributed by atoms with Crippen molar-refractivity contribution in [3.63, 3.8) is 0 Å². The zero-order valence-corrected chi connectivity index (χ0v) is 16.5. The van der Waals surface area contributed by atoms with Crippen molar-refractivity contribution in [1.29, 1.82) is 0 Å². The molecule has 0 N–H and O–H groups in total. The molecule has 0 atom stereocenters. The second kappa shape index (κ2) is 8.63. The first-order valence-corrected chi connectivity index (χ1v) is 9.43. The summed E-state index contributed by atoms with van der Waals surface area (Å²) < 4.78 is 5.29. The van der Waals surface area contributed by atoms with E-state index in [-0.39, 0.29) is 11.8 Å². The van der Waals surface area contributed by atoms with E-state index in [0.29, 0.717) is 59.5 Å². The number of carbonyl (C=O) groups is 2. The van der Waals surface area contributed by atoms with Crippen molar-refractivity contribution in [3.05, 3.63) is 63.6 Å². The number of carbonyl (C=O) groups excluding carboxylic acids is 2. The minimum atomic E-state index is -0.147. The normalized spacial score (nSPS) is 14.6. The van der Waals surface area contributed by atoms with Crippen molar-refractivity contribution in [2.24, 2.45) is 0 Å². The number of hydrogen-bond donors (Lipinski definition) is 0. The van der Waals surface area contributed by atoms with Gasteiger partial charge in [0.15, 0.2) is 0 Å². The van der Waals surface area contributed by atoms with E-state index in [1.165, 1.54) is 7.11 Å². The van der Waals surface area contributed by atoms with Crippen molar-refractivity contribution in [1.82, 2.24) is 9.80 Å². The van der Waals surface area contributed by atoms with Crippen molar-refractivity contribution in [2.75, 3.05) is 33.3 Å². The number of ether oxygens (including phenoxy) is 1. The summed E-state index contributed by atoms with van der Waals surface area (Å²) in [6.45, 7) is 2.05. The van der Waals surface area contributed by atoms with E-state index in [1.54, 1.807) is 52.3 Å². The van der Waals surface area contributed by atoms with Crippen LogP contribution in [-0.4, -0.2) is 54.9 Å². The van der Waals surface area contributed by atoms with E-state index in [1.807, 2.05) is 0 Å². The molecule has 0 unspecified atom stereocenters. The van der Waals surface area contributed by atoms with Crippen LogP contribution >= 0.6 is 23.2 Å². The van der Waals surface area contributed by atoms with E-state index >= 15 is 0 Å².